The van der Waals surface area contributed by atoms with Crippen LogP contribution < -0.4 is 0 Å². The predicted molar refractivity (Wildman–Crippen MR) is 21.4 cm³/mol. The van der Waals surface area contributed by atoms with E-state index in [1.165, 1.54) is 6.92 Å². The molecule has 0 unspecified atom stereocenters. The van der Waals surface area contributed by atoms with Crippen molar-refractivity contribution in [2.45, 2.75) is 13.3 Å². The molecule has 0 aromatic heterocycles. The van der Waals surface area contributed by atoms with E-state index in [1.807, 2.05) is 0 Å². The quantitative estimate of drug-likeness (QED) is 0.470. The van der Waals surface area contributed by atoms with Crippen LogP contribution in [0.3, 0.4) is 0 Å². The summed E-state index contributed by atoms with van der Waals surface area (Å²) in [4.78, 5) is 9.15. The highest BCUT2D eigenvalue weighted by molar-refractivity contribution is 5.67. The number of hydrogen-bond acceptors (Lipinski definition) is 1. The van der Waals surface area contributed by atoms with Crippen LogP contribution >= 0.6 is 0 Å². The van der Waals surface area contributed by atoms with Gasteiger partial charge in [-0.25, -0.2) is 0 Å². The van der Waals surface area contributed by atoms with Crippen molar-refractivity contribution in [3.8, 4) is 0 Å². The molecule has 0 amide bonds. The van der Waals surface area contributed by atoms with Gasteiger partial charge >= 0.3 is 6.04 Å². The molecule has 0 aliphatic rings. The lowest BCUT2D eigenvalue weighted by Gasteiger charge is -1.66. The Labute approximate surface area is 39.3 Å². The SMILES string of the molecule is CCC(=O)F.F.F. The van der Waals surface area contributed by atoms with Gasteiger partial charge in [0.05, 0.1) is 0 Å². The zero-order valence-electron chi connectivity index (χ0n) is 3.81. The zero-order valence-corrected chi connectivity index (χ0v) is 3.81. The second kappa shape index (κ2) is 9.07. The summed E-state index contributed by atoms with van der Waals surface area (Å²) in [6.07, 6.45) is 0. The Morgan fingerprint density at radius 2 is 1.71 bits per heavy atom. The second-order valence-electron chi connectivity index (χ2n) is 0.709. The molecule has 0 heterocycles. The van der Waals surface area contributed by atoms with Crippen LogP contribution in [-0.2, 0) is 4.79 Å². The van der Waals surface area contributed by atoms with Crippen molar-refractivity contribution in [2.75, 3.05) is 0 Å². The van der Waals surface area contributed by atoms with E-state index in [9.17, 15) is 4.39 Å². The molecule has 0 spiro atoms. The maximum atomic E-state index is 10.8. The van der Waals surface area contributed by atoms with Crippen molar-refractivity contribution in [1.29, 1.82) is 0 Å². The van der Waals surface area contributed by atoms with Crippen LogP contribution in [0.25, 0.3) is 0 Å². The topological polar surface area (TPSA) is 17.1 Å². The van der Waals surface area contributed by atoms with E-state index < -0.39 is 6.04 Å². The van der Waals surface area contributed by atoms with E-state index in [-0.39, 0.29) is 15.8 Å². The molecule has 0 saturated carbocycles. The summed E-state index contributed by atoms with van der Waals surface area (Å²) in [5.74, 6) is 0. The fourth-order valence-corrected chi connectivity index (χ4v) is 0. The molecule has 7 heavy (non-hydrogen) atoms. The van der Waals surface area contributed by atoms with Gasteiger partial charge in [-0.1, -0.05) is 6.92 Å². The molecule has 0 aliphatic heterocycles. The van der Waals surface area contributed by atoms with E-state index in [2.05, 4.69) is 0 Å². The summed E-state index contributed by atoms with van der Waals surface area (Å²) in [6, 6.07) is -1.25. The van der Waals surface area contributed by atoms with Crippen molar-refractivity contribution in [2.24, 2.45) is 0 Å². The van der Waals surface area contributed by atoms with Crippen LogP contribution in [0.5, 0.6) is 0 Å². The minimum atomic E-state index is -1.25. The Morgan fingerprint density at radius 1 is 1.57 bits per heavy atom. The van der Waals surface area contributed by atoms with E-state index in [1.54, 1.807) is 0 Å². The van der Waals surface area contributed by atoms with Crippen molar-refractivity contribution in [1.82, 2.24) is 0 Å². The lowest BCUT2D eigenvalue weighted by molar-refractivity contribution is -0.128. The first-order chi connectivity index (χ1) is 2.27. The number of carbonyl (C=O) groups is 1. The third-order valence-electron chi connectivity index (χ3n) is 0.278. The van der Waals surface area contributed by atoms with Crippen LogP contribution in [0.4, 0.5) is 13.8 Å². The average molecular weight is 116 g/mol. The summed E-state index contributed by atoms with van der Waals surface area (Å²) in [6.45, 7) is 1.47. The first kappa shape index (κ1) is 16.1. The van der Waals surface area contributed by atoms with Crippen molar-refractivity contribution >= 4 is 6.04 Å². The van der Waals surface area contributed by atoms with Crippen LogP contribution in [-0.4, -0.2) is 6.04 Å². The average Bonchev–Trinajstić information content (AvgIpc) is 1.38. The number of halogens is 3. The van der Waals surface area contributed by atoms with Gasteiger partial charge in [0.15, 0.2) is 0 Å². The molecule has 46 valence electrons. The molecule has 1 nitrogen and oxygen atoms in total. The maximum Gasteiger partial charge on any atom is 0.301 e. The molecule has 0 N–H and O–H groups in total. The highest BCUT2D eigenvalue weighted by Crippen LogP contribution is 1.75. The minimum absolute atomic E-state index is 0. The van der Waals surface area contributed by atoms with Gasteiger partial charge < -0.3 is 0 Å². The molecule has 0 saturated heterocycles. The minimum Gasteiger partial charge on any atom is -0.269 e. The monoisotopic (exact) mass is 116 g/mol. The van der Waals surface area contributed by atoms with Gasteiger partial charge in [-0.05, 0) is 0 Å². The molecule has 0 aromatic rings. The maximum absolute atomic E-state index is 10.8. The van der Waals surface area contributed by atoms with Gasteiger partial charge in [-0.15, -0.1) is 0 Å². The van der Waals surface area contributed by atoms with E-state index in [0.717, 1.165) is 0 Å². The van der Waals surface area contributed by atoms with E-state index in [0.29, 0.717) is 0 Å². The number of hydrogen-bond donors (Lipinski definition) is 0. The molecule has 0 radical (unpaired) electrons. The Bertz CT molecular complexity index is 45.4. The van der Waals surface area contributed by atoms with Crippen LogP contribution in [0.2, 0.25) is 0 Å². The highest BCUT2D eigenvalue weighted by Gasteiger charge is 1.83. The third-order valence-corrected chi connectivity index (χ3v) is 0.278. The van der Waals surface area contributed by atoms with Gasteiger partial charge in [-0.2, -0.15) is 4.39 Å². The summed E-state index contributed by atoms with van der Waals surface area (Å²) in [7, 11) is 0. The van der Waals surface area contributed by atoms with Crippen molar-refractivity contribution < 1.29 is 18.6 Å². The summed E-state index contributed by atoms with van der Waals surface area (Å²) in [5.41, 5.74) is 0. The van der Waals surface area contributed by atoms with Crippen LogP contribution in [0, 0.1) is 0 Å². The Morgan fingerprint density at radius 3 is 1.71 bits per heavy atom. The fraction of sp³-hybridized carbons (Fsp3) is 0.667. The first-order valence-electron chi connectivity index (χ1n) is 1.45. The molecular formula is C3H7F3O. The van der Waals surface area contributed by atoms with E-state index >= 15 is 0 Å². The molecule has 0 rings (SSSR count). The van der Waals surface area contributed by atoms with Gasteiger partial charge in [-0.3, -0.25) is 14.2 Å². The summed E-state index contributed by atoms with van der Waals surface area (Å²) in [5, 5.41) is 0. The van der Waals surface area contributed by atoms with Crippen molar-refractivity contribution in [3.63, 3.8) is 0 Å². The lowest BCUT2D eigenvalue weighted by Crippen LogP contribution is -1.77. The molecule has 0 aliphatic carbocycles. The van der Waals surface area contributed by atoms with E-state index in [4.69, 9.17) is 4.79 Å². The smallest absolute Gasteiger partial charge is 0.269 e. The standard InChI is InChI=1S/C3H5FO.2FH/c1-2-3(4)5;;/h2H2,1H3;2*1H. The molecule has 0 bridgehead atoms. The summed E-state index contributed by atoms with van der Waals surface area (Å²) < 4.78 is 10.8. The van der Waals surface area contributed by atoms with Crippen LogP contribution in [0.15, 0.2) is 0 Å². The highest BCUT2D eigenvalue weighted by atomic mass is 19.1. The summed E-state index contributed by atoms with van der Waals surface area (Å²) >= 11 is 0. The van der Waals surface area contributed by atoms with Crippen molar-refractivity contribution in [3.05, 3.63) is 0 Å². The molecule has 0 aromatic carbocycles. The molecular weight excluding hydrogens is 109 g/mol. The van der Waals surface area contributed by atoms with Gasteiger partial charge in [0.1, 0.15) is 0 Å². The zero-order chi connectivity index (χ0) is 4.28. The first-order valence-corrected chi connectivity index (χ1v) is 1.45. The number of rotatable bonds is 1. The Kier molecular flexibility index (Phi) is 20.8. The fourth-order valence-electron chi connectivity index (χ4n) is 0. The lowest BCUT2D eigenvalue weighted by atomic mass is 10.5. The third kappa shape index (κ3) is 30.7. The normalized spacial score (nSPS) is 5.43. The van der Waals surface area contributed by atoms with Crippen LogP contribution in [0.1, 0.15) is 13.3 Å². The number of carbonyl (C=O) groups excluding carboxylic acids is 1. The second-order valence-corrected chi connectivity index (χ2v) is 0.709. The predicted octanol–water partition coefficient (Wildman–Crippen LogP) is 1.20. The van der Waals surface area contributed by atoms with Gasteiger partial charge in [0.2, 0.25) is 0 Å². The Hall–Kier alpha value is -0.540. The van der Waals surface area contributed by atoms with Gasteiger partial charge in [0.25, 0.3) is 0 Å². The molecule has 4 heteroatoms. The Balaban J connectivity index is -0.0000000800. The largest absolute Gasteiger partial charge is 0.301 e. The van der Waals surface area contributed by atoms with Gasteiger partial charge in [0, 0.05) is 6.42 Å². The molecule has 0 fully saturated rings. The molecule has 0 atom stereocenters.